The monoisotopic (exact) mass is 442 g/mol. The Morgan fingerprint density at radius 3 is 2.09 bits per heavy atom. The molecule has 5 aliphatic carbocycles. The molecule has 0 bridgehead atoms. The number of allylic oxidation sites excluding steroid dienone is 2. The van der Waals surface area contributed by atoms with Crippen molar-refractivity contribution >= 4 is 0 Å². The van der Waals surface area contributed by atoms with Gasteiger partial charge >= 0.3 is 0 Å². The van der Waals surface area contributed by atoms with Gasteiger partial charge in [-0.15, -0.1) is 0 Å². The second kappa shape index (κ2) is 6.66. The SMILES string of the molecule is CC1(C)C[C@@H](O)[C@]2(C)CC[C@]3(C)C(=CC[C@@H]4[C@@]5(C)CC[C@H](O)C(C)(C)[C@@H]5CC[C@]43C)[C@@H]2C1. The van der Waals surface area contributed by atoms with Crippen LogP contribution < -0.4 is 0 Å². The van der Waals surface area contributed by atoms with Crippen LogP contribution in [-0.4, -0.2) is 22.4 Å². The molecular formula is C30H50O2. The van der Waals surface area contributed by atoms with Crippen molar-refractivity contribution in [2.24, 2.45) is 50.2 Å². The average molecular weight is 443 g/mol. The van der Waals surface area contributed by atoms with E-state index in [9.17, 15) is 10.2 Å². The molecule has 9 atom stereocenters. The summed E-state index contributed by atoms with van der Waals surface area (Å²) in [6.45, 7) is 19.7. The van der Waals surface area contributed by atoms with E-state index in [4.69, 9.17) is 0 Å². The quantitative estimate of drug-likeness (QED) is 0.391. The van der Waals surface area contributed by atoms with Crippen LogP contribution in [0.1, 0.15) is 113 Å². The molecule has 5 rings (SSSR count). The predicted molar refractivity (Wildman–Crippen MR) is 132 cm³/mol. The van der Waals surface area contributed by atoms with E-state index in [0.717, 1.165) is 19.3 Å². The summed E-state index contributed by atoms with van der Waals surface area (Å²) in [5, 5.41) is 22.2. The van der Waals surface area contributed by atoms with Gasteiger partial charge < -0.3 is 10.2 Å². The number of aliphatic hydroxyl groups is 2. The lowest BCUT2D eigenvalue weighted by atomic mass is 9.33. The molecule has 4 saturated carbocycles. The Balaban J connectivity index is 1.58. The third-order valence-corrected chi connectivity index (χ3v) is 13.1. The van der Waals surface area contributed by atoms with E-state index in [2.05, 4.69) is 61.5 Å². The Kier molecular flexibility index (Phi) is 4.87. The number of hydrogen-bond donors (Lipinski definition) is 2. The molecule has 2 heteroatoms. The van der Waals surface area contributed by atoms with Crippen LogP contribution in [0.15, 0.2) is 11.6 Å². The van der Waals surface area contributed by atoms with Crippen molar-refractivity contribution in [1.29, 1.82) is 0 Å². The highest BCUT2D eigenvalue weighted by Crippen LogP contribution is 2.75. The Labute approximate surface area is 197 Å². The lowest BCUT2D eigenvalue weighted by molar-refractivity contribution is -0.207. The lowest BCUT2D eigenvalue weighted by Crippen LogP contribution is -2.65. The minimum absolute atomic E-state index is 0.0157. The molecule has 2 N–H and O–H groups in total. The molecule has 4 fully saturated rings. The number of hydrogen-bond acceptors (Lipinski definition) is 2. The van der Waals surface area contributed by atoms with E-state index < -0.39 is 0 Å². The molecule has 2 nitrogen and oxygen atoms in total. The first-order chi connectivity index (χ1) is 14.6. The van der Waals surface area contributed by atoms with Crippen molar-refractivity contribution in [3.05, 3.63) is 11.6 Å². The first-order valence-corrected chi connectivity index (χ1v) is 13.7. The standard InChI is InChI=1S/C30H50O2/c1-25(2)17-20-19-9-10-22-28(6)13-12-23(31)26(3,4)21(28)11-14-30(22,8)29(19,7)16-15-27(20,5)24(32)18-25/h9,20-24,31-32H,10-18H2,1-8H3/t20-,21-,22+,23-,24+,27+,28-,29+,30+/m0/s1. The minimum atomic E-state index is -0.180. The summed E-state index contributed by atoms with van der Waals surface area (Å²) < 4.78 is 0. The molecular weight excluding hydrogens is 392 g/mol. The second-order valence-electron chi connectivity index (χ2n) is 15.3. The summed E-state index contributed by atoms with van der Waals surface area (Å²) in [6, 6.07) is 0. The largest absolute Gasteiger partial charge is 0.393 e. The van der Waals surface area contributed by atoms with Gasteiger partial charge in [0.1, 0.15) is 0 Å². The van der Waals surface area contributed by atoms with Crippen molar-refractivity contribution in [2.45, 2.75) is 125 Å². The molecule has 0 spiro atoms. The maximum absolute atomic E-state index is 11.3. The van der Waals surface area contributed by atoms with Crippen molar-refractivity contribution in [2.75, 3.05) is 0 Å². The van der Waals surface area contributed by atoms with E-state index >= 15 is 0 Å². The van der Waals surface area contributed by atoms with Gasteiger partial charge in [0.15, 0.2) is 0 Å². The van der Waals surface area contributed by atoms with Gasteiger partial charge in [0, 0.05) is 5.41 Å². The van der Waals surface area contributed by atoms with E-state index in [0.29, 0.717) is 28.6 Å². The smallest absolute Gasteiger partial charge is 0.0604 e. The summed E-state index contributed by atoms with van der Waals surface area (Å²) in [6.07, 6.45) is 12.8. The van der Waals surface area contributed by atoms with Gasteiger partial charge in [-0.1, -0.05) is 67.0 Å². The van der Waals surface area contributed by atoms with Crippen LogP contribution in [0, 0.1) is 50.2 Å². The average Bonchev–Trinajstić information content (AvgIpc) is 2.67. The van der Waals surface area contributed by atoms with Gasteiger partial charge in [-0.25, -0.2) is 0 Å². The number of rotatable bonds is 0. The van der Waals surface area contributed by atoms with E-state index in [1.54, 1.807) is 5.57 Å². The van der Waals surface area contributed by atoms with Crippen LogP contribution in [0.3, 0.4) is 0 Å². The molecule has 0 amide bonds. The van der Waals surface area contributed by atoms with Gasteiger partial charge in [0.2, 0.25) is 0 Å². The Morgan fingerprint density at radius 2 is 1.41 bits per heavy atom. The first kappa shape index (κ1) is 23.4. The molecule has 0 saturated heterocycles. The fraction of sp³-hybridized carbons (Fsp3) is 0.933. The van der Waals surface area contributed by atoms with Gasteiger partial charge in [-0.3, -0.25) is 0 Å². The summed E-state index contributed by atoms with van der Waals surface area (Å²) in [4.78, 5) is 0. The Morgan fingerprint density at radius 1 is 0.719 bits per heavy atom. The lowest BCUT2D eigenvalue weighted by Gasteiger charge is -2.71. The second-order valence-corrected chi connectivity index (χ2v) is 15.3. The van der Waals surface area contributed by atoms with Crippen LogP contribution in [-0.2, 0) is 0 Å². The van der Waals surface area contributed by atoms with E-state index in [1.165, 1.54) is 38.5 Å². The number of fused-ring (bicyclic) bond motifs is 7. The summed E-state index contributed by atoms with van der Waals surface area (Å²) in [7, 11) is 0. The highest BCUT2D eigenvalue weighted by Gasteiger charge is 2.68. The van der Waals surface area contributed by atoms with Crippen molar-refractivity contribution < 1.29 is 10.2 Å². The highest BCUT2D eigenvalue weighted by molar-refractivity contribution is 5.34. The highest BCUT2D eigenvalue weighted by atomic mass is 16.3. The van der Waals surface area contributed by atoms with Crippen LogP contribution in [0.2, 0.25) is 0 Å². The predicted octanol–water partition coefficient (Wildman–Crippen LogP) is 7.14. The van der Waals surface area contributed by atoms with Gasteiger partial charge in [0.25, 0.3) is 0 Å². The molecule has 0 aliphatic heterocycles. The zero-order chi connectivity index (χ0) is 23.5. The fourth-order valence-corrected chi connectivity index (χ4v) is 10.7. The molecule has 0 radical (unpaired) electrons. The molecule has 0 aromatic carbocycles. The van der Waals surface area contributed by atoms with Gasteiger partial charge in [-0.2, -0.15) is 0 Å². The number of aliphatic hydroxyl groups excluding tert-OH is 2. The Hall–Kier alpha value is -0.340. The third-order valence-electron chi connectivity index (χ3n) is 13.1. The summed E-state index contributed by atoms with van der Waals surface area (Å²) in [5.41, 5.74) is 2.86. The molecule has 0 heterocycles. The zero-order valence-electron chi connectivity index (χ0n) is 22.2. The molecule has 0 aromatic heterocycles. The van der Waals surface area contributed by atoms with Crippen molar-refractivity contribution in [3.63, 3.8) is 0 Å². The van der Waals surface area contributed by atoms with Gasteiger partial charge in [0.05, 0.1) is 12.2 Å². The van der Waals surface area contributed by atoms with E-state index in [-0.39, 0.29) is 33.9 Å². The maximum Gasteiger partial charge on any atom is 0.0604 e. The molecule has 0 unspecified atom stereocenters. The molecule has 0 aromatic rings. The van der Waals surface area contributed by atoms with Gasteiger partial charge in [-0.05, 0) is 103 Å². The molecule has 182 valence electrons. The van der Waals surface area contributed by atoms with E-state index in [1.807, 2.05) is 0 Å². The molecule has 32 heavy (non-hydrogen) atoms. The Bertz CT molecular complexity index is 825. The fourth-order valence-electron chi connectivity index (χ4n) is 10.7. The summed E-state index contributed by atoms with van der Waals surface area (Å²) in [5.74, 6) is 1.83. The van der Waals surface area contributed by atoms with Crippen LogP contribution in [0.5, 0.6) is 0 Å². The summed E-state index contributed by atoms with van der Waals surface area (Å²) >= 11 is 0. The first-order valence-electron chi connectivity index (χ1n) is 13.7. The normalized spacial score (nSPS) is 56.2. The topological polar surface area (TPSA) is 40.5 Å². The van der Waals surface area contributed by atoms with Crippen molar-refractivity contribution in [3.8, 4) is 0 Å². The van der Waals surface area contributed by atoms with Crippen molar-refractivity contribution in [1.82, 2.24) is 0 Å². The molecule has 5 aliphatic rings. The third kappa shape index (κ3) is 2.72. The minimum Gasteiger partial charge on any atom is -0.393 e. The maximum atomic E-state index is 11.3. The van der Waals surface area contributed by atoms with Crippen LogP contribution in [0.25, 0.3) is 0 Å². The van der Waals surface area contributed by atoms with Crippen LogP contribution >= 0.6 is 0 Å². The van der Waals surface area contributed by atoms with Crippen LogP contribution in [0.4, 0.5) is 0 Å². The zero-order valence-corrected chi connectivity index (χ0v) is 22.2.